The zero-order valence-corrected chi connectivity index (χ0v) is 8.66. The van der Waals surface area contributed by atoms with Gasteiger partial charge >= 0.3 is 6.18 Å². The number of ether oxygens (including phenoxy) is 1. The van der Waals surface area contributed by atoms with Crippen LogP contribution in [-0.4, -0.2) is 54.5 Å². The molecule has 1 atom stereocenters. The van der Waals surface area contributed by atoms with E-state index in [0.29, 0.717) is 13.0 Å². The normalized spacial score (nSPS) is 21.5. The van der Waals surface area contributed by atoms with Gasteiger partial charge in [0.05, 0.1) is 19.1 Å². The van der Waals surface area contributed by atoms with Gasteiger partial charge in [-0.15, -0.1) is 0 Å². The van der Waals surface area contributed by atoms with E-state index in [2.05, 4.69) is 4.74 Å². The summed E-state index contributed by atoms with van der Waals surface area (Å²) < 4.78 is 39.4. The van der Waals surface area contributed by atoms with Crippen LogP contribution >= 0.6 is 0 Å². The number of hydrogen-bond acceptors (Lipinski definition) is 3. The molecule has 1 fully saturated rings. The van der Waals surface area contributed by atoms with E-state index in [0.717, 1.165) is 0 Å². The van der Waals surface area contributed by atoms with Gasteiger partial charge in [-0.2, -0.15) is 13.2 Å². The highest BCUT2D eigenvalue weighted by atomic mass is 19.4. The maximum absolute atomic E-state index is 11.7. The van der Waals surface area contributed by atoms with E-state index in [9.17, 15) is 18.0 Å². The van der Waals surface area contributed by atoms with Crippen molar-refractivity contribution >= 4 is 5.91 Å². The van der Waals surface area contributed by atoms with Crippen LogP contribution in [0.5, 0.6) is 0 Å². The van der Waals surface area contributed by atoms with Crippen molar-refractivity contribution in [2.75, 3.05) is 26.3 Å². The third-order valence-electron chi connectivity index (χ3n) is 2.24. The van der Waals surface area contributed by atoms with E-state index in [1.807, 2.05) is 0 Å². The number of carbonyl (C=O) groups is 1. The monoisotopic (exact) mass is 241 g/mol. The number of β-amino-alcohol motifs (C(OH)–C–C–N with tert-alkyl or cyclic N) is 1. The molecule has 0 saturated carbocycles. The number of halogens is 3. The predicted octanol–water partition coefficient (Wildman–Crippen LogP) is 0.549. The Labute approximate surface area is 91.0 Å². The maximum atomic E-state index is 11.7. The van der Waals surface area contributed by atoms with Crippen molar-refractivity contribution in [2.45, 2.75) is 25.1 Å². The van der Waals surface area contributed by atoms with E-state index < -0.39 is 18.9 Å². The highest BCUT2D eigenvalue weighted by Crippen LogP contribution is 2.15. The van der Waals surface area contributed by atoms with Gasteiger partial charge in [-0.25, -0.2) is 0 Å². The molecule has 1 amide bonds. The van der Waals surface area contributed by atoms with Crippen LogP contribution in [0.1, 0.15) is 12.8 Å². The second-order valence-corrected chi connectivity index (χ2v) is 3.70. The number of aliphatic hydroxyl groups is 1. The molecule has 16 heavy (non-hydrogen) atoms. The van der Waals surface area contributed by atoms with E-state index in [1.165, 1.54) is 4.90 Å². The Bertz CT molecular complexity index is 245. The average molecular weight is 241 g/mol. The summed E-state index contributed by atoms with van der Waals surface area (Å²) in [6.45, 7) is -0.856. The Kier molecular flexibility index (Phi) is 4.55. The van der Waals surface area contributed by atoms with Crippen molar-refractivity contribution in [3.63, 3.8) is 0 Å². The van der Waals surface area contributed by atoms with E-state index in [-0.39, 0.29) is 25.5 Å². The molecule has 1 heterocycles. The van der Waals surface area contributed by atoms with Crippen LogP contribution in [0, 0.1) is 0 Å². The summed E-state index contributed by atoms with van der Waals surface area (Å²) in [5.74, 6) is -0.279. The second kappa shape index (κ2) is 5.49. The number of carbonyl (C=O) groups excluding carboxylic acids is 1. The minimum atomic E-state index is -4.35. The number of nitrogens with zero attached hydrogens (tertiary/aromatic N) is 1. The van der Waals surface area contributed by atoms with Gasteiger partial charge in [0, 0.05) is 13.1 Å². The number of amides is 1. The fraction of sp³-hybridized carbons (Fsp3) is 0.889. The average Bonchev–Trinajstić information content (AvgIpc) is 2.57. The first-order chi connectivity index (χ1) is 7.38. The summed E-state index contributed by atoms with van der Waals surface area (Å²) in [6.07, 6.45) is -4.43. The molecule has 0 radical (unpaired) electrons. The van der Waals surface area contributed by atoms with Crippen molar-refractivity contribution in [3.05, 3.63) is 0 Å². The molecule has 0 aromatic carbocycles. The lowest BCUT2D eigenvalue weighted by molar-refractivity contribution is -0.175. The fourth-order valence-corrected chi connectivity index (χ4v) is 1.47. The van der Waals surface area contributed by atoms with Crippen LogP contribution < -0.4 is 0 Å². The minimum absolute atomic E-state index is 0.0806. The molecule has 1 aliphatic rings. The quantitative estimate of drug-likeness (QED) is 0.731. The first-order valence-electron chi connectivity index (χ1n) is 4.99. The first kappa shape index (κ1) is 13.2. The Morgan fingerprint density at radius 2 is 2.19 bits per heavy atom. The van der Waals surface area contributed by atoms with Crippen LogP contribution in [0.3, 0.4) is 0 Å². The number of likely N-dealkylation sites (tertiary alicyclic amines) is 1. The number of rotatable bonds is 4. The Morgan fingerprint density at radius 3 is 2.69 bits per heavy atom. The molecule has 0 aliphatic carbocycles. The number of hydrogen-bond donors (Lipinski definition) is 1. The highest BCUT2D eigenvalue weighted by molar-refractivity contribution is 5.76. The molecule has 0 aromatic heterocycles. The third-order valence-corrected chi connectivity index (χ3v) is 2.24. The zero-order valence-electron chi connectivity index (χ0n) is 8.66. The van der Waals surface area contributed by atoms with Crippen LogP contribution in [0.2, 0.25) is 0 Å². The molecule has 0 spiro atoms. The summed E-state index contributed by atoms with van der Waals surface area (Å²) in [5, 5.41) is 9.15. The van der Waals surface area contributed by atoms with Crippen LogP contribution in [0.25, 0.3) is 0 Å². The van der Waals surface area contributed by atoms with Crippen LogP contribution in [0.4, 0.5) is 13.2 Å². The molecule has 0 unspecified atom stereocenters. The van der Waals surface area contributed by atoms with Gasteiger partial charge in [-0.3, -0.25) is 4.79 Å². The molecule has 1 saturated heterocycles. The lowest BCUT2D eigenvalue weighted by Crippen LogP contribution is -2.30. The van der Waals surface area contributed by atoms with Gasteiger partial charge in [0.1, 0.15) is 6.61 Å². The molecule has 4 nitrogen and oxygen atoms in total. The van der Waals surface area contributed by atoms with E-state index in [4.69, 9.17) is 5.11 Å². The number of aliphatic hydroxyl groups excluding tert-OH is 1. The Balaban J connectivity index is 2.11. The largest absolute Gasteiger partial charge is 0.411 e. The van der Waals surface area contributed by atoms with Gasteiger partial charge < -0.3 is 14.7 Å². The van der Waals surface area contributed by atoms with Gasteiger partial charge in [0.25, 0.3) is 0 Å². The van der Waals surface area contributed by atoms with Crippen molar-refractivity contribution in [1.29, 1.82) is 0 Å². The molecule has 1 N–H and O–H groups in total. The predicted molar refractivity (Wildman–Crippen MR) is 48.7 cm³/mol. The Hall–Kier alpha value is -0.820. The van der Waals surface area contributed by atoms with Gasteiger partial charge in [0.2, 0.25) is 5.91 Å². The number of alkyl halides is 3. The first-order valence-corrected chi connectivity index (χ1v) is 4.99. The van der Waals surface area contributed by atoms with Gasteiger partial charge in [-0.05, 0) is 6.42 Å². The maximum Gasteiger partial charge on any atom is 0.411 e. The van der Waals surface area contributed by atoms with E-state index in [1.54, 1.807) is 0 Å². The second-order valence-electron chi connectivity index (χ2n) is 3.70. The molecule has 7 heteroatoms. The van der Waals surface area contributed by atoms with E-state index >= 15 is 0 Å². The van der Waals surface area contributed by atoms with Crippen molar-refractivity contribution in [1.82, 2.24) is 4.90 Å². The van der Waals surface area contributed by atoms with Crippen LogP contribution in [-0.2, 0) is 9.53 Å². The van der Waals surface area contributed by atoms with Crippen molar-refractivity contribution < 1.29 is 27.8 Å². The fourth-order valence-electron chi connectivity index (χ4n) is 1.47. The summed E-state index contributed by atoms with van der Waals surface area (Å²) in [5.41, 5.74) is 0. The summed E-state index contributed by atoms with van der Waals surface area (Å²) in [4.78, 5) is 12.8. The minimum Gasteiger partial charge on any atom is -0.391 e. The third kappa shape index (κ3) is 4.80. The molecule has 1 rings (SSSR count). The van der Waals surface area contributed by atoms with Gasteiger partial charge in [-0.1, -0.05) is 0 Å². The lowest BCUT2D eigenvalue weighted by atomic mass is 10.3. The smallest absolute Gasteiger partial charge is 0.391 e. The Morgan fingerprint density at radius 1 is 1.50 bits per heavy atom. The van der Waals surface area contributed by atoms with Crippen LogP contribution in [0.15, 0.2) is 0 Å². The van der Waals surface area contributed by atoms with Crippen molar-refractivity contribution in [3.8, 4) is 0 Å². The molecule has 0 bridgehead atoms. The molecular formula is C9H14F3NO3. The molecular weight excluding hydrogens is 227 g/mol. The summed E-state index contributed by atoms with van der Waals surface area (Å²) in [7, 11) is 0. The van der Waals surface area contributed by atoms with Gasteiger partial charge in [0.15, 0.2) is 0 Å². The molecule has 1 aliphatic heterocycles. The standard InChI is InChI=1S/C9H14F3NO3/c10-9(11,12)6-16-4-2-8(15)13-3-1-7(14)5-13/h7,14H,1-6H2/t7-/m0/s1. The molecule has 0 aromatic rings. The summed E-state index contributed by atoms with van der Waals surface area (Å²) >= 11 is 0. The molecule has 94 valence electrons. The lowest BCUT2D eigenvalue weighted by Gasteiger charge is -2.15. The van der Waals surface area contributed by atoms with Crippen molar-refractivity contribution in [2.24, 2.45) is 0 Å². The summed E-state index contributed by atoms with van der Waals surface area (Å²) in [6, 6.07) is 0. The zero-order chi connectivity index (χ0) is 12.2. The highest BCUT2D eigenvalue weighted by Gasteiger charge is 2.28. The SMILES string of the molecule is O=C(CCOCC(F)(F)F)N1CC[C@H](O)C1. The topological polar surface area (TPSA) is 49.8 Å².